The molecule has 7 heteroatoms. The zero-order chi connectivity index (χ0) is 22.0. The molecule has 1 heterocycles. The van der Waals surface area contributed by atoms with Crippen LogP contribution in [0.4, 0.5) is 4.39 Å². The molecule has 0 saturated heterocycles. The number of amides is 2. The van der Waals surface area contributed by atoms with E-state index in [-0.39, 0.29) is 30.0 Å². The van der Waals surface area contributed by atoms with Crippen LogP contribution < -0.4 is 15.4 Å². The first kappa shape index (κ1) is 21.3. The summed E-state index contributed by atoms with van der Waals surface area (Å²) in [5.41, 5.74) is 2.10. The van der Waals surface area contributed by atoms with E-state index in [1.165, 1.54) is 13.1 Å². The van der Waals surface area contributed by atoms with Crippen LogP contribution in [0, 0.1) is 5.92 Å². The molecule has 0 bridgehead atoms. The highest BCUT2D eigenvalue weighted by molar-refractivity contribution is 6.02. The third kappa shape index (κ3) is 4.28. The van der Waals surface area contributed by atoms with Crippen LogP contribution in [0.15, 0.2) is 42.5 Å². The van der Waals surface area contributed by atoms with Crippen molar-refractivity contribution >= 4 is 11.8 Å². The summed E-state index contributed by atoms with van der Waals surface area (Å²) in [5.74, 6) is -0.347. The summed E-state index contributed by atoms with van der Waals surface area (Å²) in [6, 6.07) is 12.7. The molecule has 1 aliphatic carbocycles. The molecule has 0 radical (unpaired) electrons. The number of aliphatic hydroxyl groups excluding tert-OH is 1. The monoisotopic (exact) mass is 426 g/mol. The first-order chi connectivity index (χ1) is 15.1. The average molecular weight is 426 g/mol. The normalized spacial score (nSPS) is 23.6. The summed E-state index contributed by atoms with van der Waals surface area (Å²) in [7, 11) is 1.51. The van der Waals surface area contributed by atoms with Gasteiger partial charge in [-0.2, -0.15) is 0 Å². The smallest absolute Gasteiger partial charge is 0.254 e. The van der Waals surface area contributed by atoms with Crippen molar-refractivity contribution in [2.75, 3.05) is 20.3 Å². The number of fused-ring (bicyclic) bond motifs is 1. The number of alkyl halides is 1. The van der Waals surface area contributed by atoms with Crippen LogP contribution in [-0.2, 0) is 0 Å². The number of aliphatic hydroxyl groups is 1. The van der Waals surface area contributed by atoms with Crippen molar-refractivity contribution in [3.05, 3.63) is 64.7 Å². The van der Waals surface area contributed by atoms with E-state index in [0.717, 1.165) is 24.8 Å². The molecule has 2 amide bonds. The molecule has 164 valence electrons. The fraction of sp³-hybridized carbons (Fsp3) is 0.417. The van der Waals surface area contributed by atoms with Crippen molar-refractivity contribution in [2.45, 2.75) is 37.3 Å². The summed E-state index contributed by atoms with van der Waals surface area (Å²) in [5, 5.41) is 14.6. The van der Waals surface area contributed by atoms with Gasteiger partial charge in [0.15, 0.2) is 0 Å². The minimum atomic E-state index is -0.759. The molecule has 2 aliphatic rings. The van der Waals surface area contributed by atoms with Crippen molar-refractivity contribution in [3.8, 4) is 5.75 Å². The molecule has 0 spiro atoms. The Morgan fingerprint density at radius 1 is 1.19 bits per heavy atom. The number of ether oxygens (including phenoxy) is 1. The zero-order valence-electron chi connectivity index (χ0n) is 17.4. The Labute approximate surface area is 180 Å². The summed E-state index contributed by atoms with van der Waals surface area (Å²) >= 11 is 0. The van der Waals surface area contributed by atoms with Gasteiger partial charge in [0.05, 0.1) is 11.5 Å². The fourth-order valence-electron chi connectivity index (χ4n) is 4.39. The van der Waals surface area contributed by atoms with Crippen molar-refractivity contribution in [2.24, 2.45) is 5.92 Å². The Hall–Kier alpha value is -2.93. The number of carbonyl (C=O) groups is 2. The summed E-state index contributed by atoms with van der Waals surface area (Å²) < 4.78 is 19.8. The van der Waals surface area contributed by atoms with E-state index in [2.05, 4.69) is 10.6 Å². The topological polar surface area (TPSA) is 87.7 Å². The molecule has 31 heavy (non-hydrogen) atoms. The van der Waals surface area contributed by atoms with E-state index < -0.39 is 18.7 Å². The molecule has 1 saturated carbocycles. The number of carbonyl (C=O) groups excluding carboxylic acids is 2. The Morgan fingerprint density at radius 3 is 2.65 bits per heavy atom. The highest BCUT2D eigenvalue weighted by Crippen LogP contribution is 2.45. The first-order valence-corrected chi connectivity index (χ1v) is 10.7. The van der Waals surface area contributed by atoms with Gasteiger partial charge >= 0.3 is 0 Å². The van der Waals surface area contributed by atoms with Gasteiger partial charge in [0.2, 0.25) is 0 Å². The van der Waals surface area contributed by atoms with E-state index in [1.54, 1.807) is 6.07 Å². The van der Waals surface area contributed by atoms with Gasteiger partial charge in [-0.15, -0.1) is 0 Å². The number of benzene rings is 2. The fourth-order valence-corrected chi connectivity index (χ4v) is 4.39. The number of hydrogen-bond acceptors (Lipinski definition) is 4. The number of hydrogen-bond donors (Lipinski definition) is 3. The maximum absolute atomic E-state index is 13.9. The molecule has 6 nitrogen and oxygen atoms in total. The van der Waals surface area contributed by atoms with E-state index in [1.807, 2.05) is 30.3 Å². The second-order valence-corrected chi connectivity index (χ2v) is 8.16. The van der Waals surface area contributed by atoms with Crippen molar-refractivity contribution in [1.82, 2.24) is 10.6 Å². The van der Waals surface area contributed by atoms with Crippen LogP contribution in [0.3, 0.4) is 0 Å². The van der Waals surface area contributed by atoms with Crippen molar-refractivity contribution < 1.29 is 23.8 Å². The molecule has 2 aromatic rings. The first-order valence-electron chi connectivity index (χ1n) is 10.7. The maximum Gasteiger partial charge on any atom is 0.254 e. The predicted molar refractivity (Wildman–Crippen MR) is 114 cm³/mol. The Balaban J connectivity index is 1.67. The van der Waals surface area contributed by atoms with E-state index in [0.29, 0.717) is 22.8 Å². The standard InChI is InChI=1S/C24H27FN2O4/c1-26-24(30)18-11-16(23(29)27-19-12-15(19)8-5-9-28)10-17-21(14-6-3-2-4-7-14)20(13-25)31-22(17)18/h2-4,6-7,10-11,15,19-21,28H,5,8-9,12-13H2,1H3,(H,26,30)(H,27,29)/t15-,19?,20-,21+/m1/s1. The molecular weight excluding hydrogens is 399 g/mol. The van der Waals surface area contributed by atoms with Crippen LogP contribution in [0.25, 0.3) is 0 Å². The number of halogens is 1. The molecule has 1 aliphatic heterocycles. The van der Waals surface area contributed by atoms with Gasteiger partial charge < -0.3 is 20.5 Å². The lowest BCUT2D eigenvalue weighted by Gasteiger charge is -2.16. The van der Waals surface area contributed by atoms with E-state index in [4.69, 9.17) is 9.84 Å². The molecule has 1 fully saturated rings. The third-order valence-corrected chi connectivity index (χ3v) is 6.11. The van der Waals surface area contributed by atoms with Gasteiger partial charge in [-0.25, -0.2) is 4.39 Å². The van der Waals surface area contributed by atoms with Gasteiger partial charge in [0.25, 0.3) is 11.8 Å². The largest absolute Gasteiger partial charge is 0.486 e. The van der Waals surface area contributed by atoms with Gasteiger partial charge in [-0.05, 0) is 42.9 Å². The second-order valence-electron chi connectivity index (χ2n) is 8.16. The Kier molecular flexibility index (Phi) is 6.23. The Morgan fingerprint density at radius 2 is 1.97 bits per heavy atom. The zero-order valence-corrected chi connectivity index (χ0v) is 17.4. The van der Waals surface area contributed by atoms with Gasteiger partial charge in [-0.1, -0.05) is 30.3 Å². The van der Waals surface area contributed by atoms with Gasteiger partial charge in [0, 0.05) is 30.8 Å². The van der Waals surface area contributed by atoms with Crippen LogP contribution in [-0.4, -0.2) is 49.4 Å². The molecule has 3 N–H and O–H groups in total. The molecule has 2 aromatic carbocycles. The lowest BCUT2D eigenvalue weighted by Crippen LogP contribution is -2.28. The SMILES string of the molecule is CNC(=O)c1cc(C(=O)NC2C[C@H]2CCCO)cc2c1O[C@H](CF)[C@H]2c1ccccc1. The molecule has 0 aromatic heterocycles. The average Bonchev–Trinajstić information content (AvgIpc) is 3.43. The van der Waals surface area contributed by atoms with Gasteiger partial charge in [0.1, 0.15) is 18.5 Å². The van der Waals surface area contributed by atoms with Crippen LogP contribution >= 0.6 is 0 Å². The molecule has 4 atom stereocenters. The summed E-state index contributed by atoms with van der Waals surface area (Å²) in [6.45, 7) is -0.564. The van der Waals surface area contributed by atoms with Crippen LogP contribution in [0.5, 0.6) is 5.75 Å². The van der Waals surface area contributed by atoms with Crippen LogP contribution in [0.2, 0.25) is 0 Å². The summed E-state index contributed by atoms with van der Waals surface area (Å²) in [4.78, 5) is 25.5. The lowest BCUT2D eigenvalue weighted by atomic mass is 9.86. The predicted octanol–water partition coefficient (Wildman–Crippen LogP) is 2.80. The Bertz CT molecular complexity index is 966. The van der Waals surface area contributed by atoms with E-state index in [9.17, 15) is 14.0 Å². The van der Waals surface area contributed by atoms with E-state index >= 15 is 0 Å². The highest BCUT2D eigenvalue weighted by atomic mass is 19.1. The summed E-state index contributed by atoms with van der Waals surface area (Å²) in [6.07, 6.45) is 1.72. The highest BCUT2D eigenvalue weighted by Gasteiger charge is 2.40. The third-order valence-electron chi connectivity index (χ3n) is 6.11. The van der Waals surface area contributed by atoms with Crippen molar-refractivity contribution in [1.29, 1.82) is 0 Å². The minimum absolute atomic E-state index is 0.0792. The lowest BCUT2D eigenvalue weighted by molar-refractivity contribution is 0.0948. The number of rotatable bonds is 8. The maximum atomic E-state index is 13.9. The quantitative estimate of drug-likeness (QED) is 0.606. The number of nitrogens with one attached hydrogen (secondary N) is 2. The molecular formula is C24H27FN2O4. The minimum Gasteiger partial charge on any atom is -0.486 e. The molecule has 1 unspecified atom stereocenters. The van der Waals surface area contributed by atoms with Crippen molar-refractivity contribution in [3.63, 3.8) is 0 Å². The van der Waals surface area contributed by atoms with Crippen LogP contribution in [0.1, 0.15) is 57.0 Å². The van der Waals surface area contributed by atoms with Gasteiger partial charge in [-0.3, -0.25) is 9.59 Å². The molecule has 4 rings (SSSR count). The second kappa shape index (κ2) is 9.06.